The maximum atomic E-state index is 11.9. The fourth-order valence-corrected chi connectivity index (χ4v) is 2.52. The highest BCUT2D eigenvalue weighted by molar-refractivity contribution is 7.08. The van der Waals surface area contributed by atoms with Gasteiger partial charge in [0.15, 0.2) is 0 Å². The first-order chi connectivity index (χ1) is 8.50. The smallest absolute Gasteiger partial charge is 0.352 e. The molecule has 2 heterocycles. The number of aliphatic carboxylic acids is 1. The molecule has 2 aromatic rings. The van der Waals surface area contributed by atoms with Crippen molar-refractivity contribution >= 4 is 17.3 Å². The van der Waals surface area contributed by atoms with Gasteiger partial charge in [0.05, 0.1) is 12.1 Å². The zero-order chi connectivity index (χ0) is 13.3. The van der Waals surface area contributed by atoms with Gasteiger partial charge in [0, 0.05) is 22.3 Å². The van der Waals surface area contributed by atoms with Crippen molar-refractivity contribution in [1.29, 1.82) is 0 Å². The largest absolute Gasteiger partial charge is 0.481 e. The van der Waals surface area contributed by atoms with Crippen molar-refractivity contribution in [3.05, 3.63) is 44.3 Å². The van der Waals surface area contributed by atoms with E-state index in [1.54, 1.807) is 19.9 Å². The Kier molecular flexibility index (Phi) is 3.29. The van der Waals surface area contributed by atoms with Crippen molar-refractivity contribution in [2.24, 2.45) is 0 Å². The Hall–Kier alpha value is -1.95. The Morgan fingerprint density at radius 1 is 1.50 bits per heavy atom. The predicted molar refractivity (Wildman–Crippen MR) is 68.5 cm³/mol. The second-order valence-electron chi connectivity index (χ2n) is 3.93. The number of hydrogen-bond acceptors (Lipinski definition) is 4. The molecule has 0 fully saturated rings. The van der Waals surface area contributed by atoms with E-state index in [-0.39, 0.29) is 12.1 Å². The highest BCUT2D eigenvalue weighted by atomic mass is 32.1. The third kappa shape index (κ3) is 2.19. The highest BCUT2D eigenvalue weighted by Gasteiger charge is 2.15. The monoisotopic (exact) mass is 264 g/mol. The van der Waals surface area contributed by atoms with Crippen LogP contribution >= 0.6 is 11.3 Å². The minimum absolute atomic E-state index is 0.130. The van der Waals surface area contributed by atoms with Gasteiger partial charge in [0.25, 0.3) is 0 Å². The van der Waals surface area contributed by atoms with Gasteiger partial charge in [0.1, 0.15) is 0 Å². The van der Waals surface area contributed by atoms with Gasteiger partial charge in [-0.2, -0.15) is 16.3 Å². The molecule has 0 atom stereocenters. The van der Waals surface area contributed by atoms with Crippen molar-refractivity contribution in [3.8, 4) is 5.69 Å². The molecular formula is C12H12N2O3S. The molecule has 94 valence electrons. The van der Waals surface area contributed by atoms with Crippen LogP contribution in [-0.2, 0) is 11.2 Å². The lowest BCUT2D eigenvalue weighted by Gasteiger charge is -2.13. The van der Waals surface area contributed by atoms with Gasteiger partial charge >= 0.3 is 11.7 Å². The van der Waals surface area contributed by atoms with E-state index < -0.39 is 5.97 Å². The molecule has 0 saturated carbocycles. The highest BCUT2D eigenvalue weighted by Crippen LogP contribution is 2.16. The Labute approximate surface area is 107 Å². The lowest BCUT2D eigenvalue weighted by molar-refractivity contribution is -0.136. The topological polar surface area (TPSA) is 72.2 Å². The summed E-state index contributed by atoms with van der Waals surface area (Å²) in [6.45, 7) is 3.40. The molecule has 2 aromatic heterocycles. The van der Waals surface area contributed by atoms with E-state index in [9.17, 15) is 9.59 Å². The Bertz CT molecular complexity index is 644. The molecule has 0 saturated heterocycles. The van der Waals surface area contributed by atoms with E-state index in [1.807, 2.05) is 10.8 Å². The van der Waals surface area contributed by atoms with Gasteiger partial charge in [-0.25, -0.2) is 4.79 Å². The molecule has 5 nitrogen and oxygen atoms in total. The summed E-state index contributed by atoms with van der Waals surface area (Å²) in [6, 6.07) is 1.81. The molecule has 0 spiro atoms. The number of aryl methyl sites for hydroxylation is 1. The lowest BCUT2D eigenvalue weighted by Crippen LogP contribution is -2.26. The Morgan fingerprint density at radius 3 is 2.78 bits per heavy atom. The van der Waals surface area contributed by atoms with Crippen molar-refractivity contribution in [2.75, 3.05) is 0 Å². The molecule has 6 heteroatoms. The minimum atomic E-state index is -0.932. The second kappa shape index (κ2) is 4.73. The Balaban J connectivity index is 2.68. The summed E-state index contributed by atoms with van der Waals surface area (Å²) in [5.74, 6) is -0.932. The second-order valence-corrected chi connectivity index (χ2v) is 4.71. The van der Waals surface area contributed by atoms with Gasteiger partial charge in [-0.05, 0) is 25.3 Å². The SMILES string of the molecule is Cc1nc(=O)n(-c2ccsc2)c(C)c1CC(=O)O. The Morgan fingerprint density at radius 2 is 2.22 bits per heavy atom. The summed E-state index contributed by atoms with van der Waals surface area (Å²) in [6.07, 6.45) is -0.130. The van der Waals surface area contributed by atoms with Crippen molar-refractivity contribution in [2.45, 2.75) is 20.3 Å². The van der Waals surface area contributed by atoms with Gasteiger partial charge < -0.3 is 5.11 Å². The van der Waals surface area contributed by atoms with E-state index in [2.05, 4.69) is 4.98 Å². The maximum Gasteiger partial charge on any atom is 0.352 e. The molecule has 1 N–H and O–H groups in total. The lowest BCUT2D eigenvalue weighted by atomic mass is 10.1. The number of thiophene rings is 1. The number of rotatable bonds is 3. The molecule has 0 aliphatic carbocycles. The van der Waals surface area contributed by atoms with Crippen LogP contribution in [-0.4, -0.2) is 20.6 Å². The number of carboxylic acids is 1. The van der Waals surface area contributed by atoms with Crippen LogP contribution in [0.1, 0.15) is 17.0 Å². The van der Waals surface area contributed by atoms with E-state index in [0.29, 0.717) is 17.0 Å². The van der Waals surface area contributed by atoms with Gasteiger partial charge in [-0.1, -0.05) is 0 Å². The van der Waals surface area contributed by atoms with Crippen molar-refractivity contribution in [1.82, 2.24) is 9.55 Å². The molecule has 0 unspecified atom stereocenters. The van der Waals surface area contributed by atoms with E-state index in [1.165, 1.54) is 15.9 Å². The molecular weight excluding hydrogens is 252 g/mol. The fraction of sp³-hybridized carbons (Fsp3) is 0.250. The summed E-state index contributed by atoms with van der Waals surface area (Å²) in [5, 5.41) is 12.6. The van der Waals surface area contributed by atoms with Crippen molar-refractivity contribution in [3.63, 3.8) is 0 Å². The van der Waals surface area contributed by atoms with Crippen LogP contribution in [0.5, 0.6) is 0 Å². The third-order valence-electron chi connectivity index (χ3n) is 2.76. The summed E-state index contributed by atoms with van der Waals surface area (Å²) < 4.78 is 1.45. The van der Waals surface area contributed by atoms with E-state index in [4.69, 9.17) is 5.11 Å². The number of hydrogen-bond donors (Lipinski definition) is 1. The quantitative estimate of drug-likeness (QED) is 0.912. The zero-order valence-electron chi connectivity index (χ0n) is 10.0. The zero-order valence-corrected chi connectivity index (χ0v) is 10.8. The summed E-state index contributed by atoms with van der Waals surface area (Å²) >= 11 is 1.47. The number of aromatic nitrogens is 2. The van der Waals surface area contributed by atoms with E-state index in [0.717, 1.165) is 5.69 Å². The van der Waals surface area contributed by atoms with Crippen LogP contribution in [0, 0.1) is 13.8 Å². The molecule has 0 bridgehead atoms. The van der Waals surface area contributed by atoms with Crippen LogP contribution < -0.4 is 5.69 Å². The van der Waals surface area contributed by atoms with Gasteiger partial charge in [-0.3, -0.25) is 9.36 Å². The van der Waals surface area contributed by atoms with Crippen molar-refractivity contribution < 1.29 is 9.90 Å². The number of carboxylic acid groups (broad SMARTS) is 1. The van der Waals surface area contributed by atoms with Crippen LogP contribution in [0.3, 0.4) is 0 Å². The minimum Gasteiger partial charge on any atom is -0.481 e. The molecule has 0 aliphatic heterocycles. The maximum absolute atomic E-state index is 11.9. The fourth-order valence-electron chi connectivity index (χ4n) is 1.90. The first-order valence-electron chi connectivity index (χ1n) is 5.34. The summed E-state index contributed by atoms with van der Waals surface area (Å²) in [5.41, 5.74) is 2.05. The average molecular weight is 264 g/mol. The molecule has 18 heavy (non-hydrogen) atoms. The normalized spacial score (nSPS) is 10.6. The van der Waals surface area contributed by atoms with Gasteiger partial charge in [-0.15, -0.1) is 0 Å². The summed E-state index contributed by atoms with van der Waals surface area (Å²) in [4.78, 5) is 26.6. The molecule has 0 radical (unpaired) electrons. The first-order valence-corrected chi connectivity index (χ1v) is 6.28. The van der Waals surface area contributed by atoms with Crippen LogP contribution in [0.4, 0.5) is 0 Å². The standard InChI is InChI=1S/C12H12N2O3S/c1-7-10(5-11(15)16)8(2)14(12(17)13-7)9-3-4-18-6-9/h3-4,6H,5H2,1-2H3,(H,15,16). The molecule has 0 amide bonds. The summed E-state index contributed by atoms with van der Waals surface area (Å²) in [7, 11) is 0. The average Bonchev–Trinajstić information content (AvgIpc) is 2.77. The molecule has 0 aromatic carbocycles. The number of carbonyl (C=O) groups is 1. The van der Waals surface area contributed by atoms with Gasteiger partial charge in [0.2, 0.25) is 0 Å². The first kappa shape index (κ1) is 12.5. The van der Waals surface area contributed by atoms with E-state index >= 15 is 0 Å². The molecule has 2 rings (SSSR count). The molecule has 0 aliphatic rings. The number of nitrogens with zero attached hydrogens (tertiary/aromatic N) is 2. The van der Waals surface area contributed by atoms with Crippen LogP contribution in [0.25, 0.3) is 5.69 Å². The van der Waals surface area contributed by atoms with Crippen LogP contribution in [0.2, 0.25) is 0 Å². The van der Waals surface area contributed by atoms with Crippen LogP contribution in [0.15, 0.2) is 21.6 Å². The predicted octanol–water partition coefficient (Wildman–Crippen LogP) is 1.54. The third-order valence-corrected chi connectivity index (χ3v) is 3.43.